The fourth-order valence-corrected chi connectivity index (χ4v) is 1.77. The molecule has 0 heterocycles. The van der Waals surface area contributed by atoms with Gasteiger partial charge in [0.25, 0.3) is 0 Å². The van der Waals surface area contributed by atoms with Gasteiger partial charge in [0.2, 0.25) is 0 Å². The van der Waals surface area contributed by atoms with Gasteiger partial charge in [-0.1, -0.05) is 29.3 Å². The molecule has 1 atom stereocenters. The van der Waals surface area contributed by atoms with E-state index >= 15 is 0 Å². The lowest BCUT2D eigenvalue weighted by molar-refractivity contribution is 0.0977. The van der Waals surface area contributed by atoms with Crippen molar-refractivity contribution < 1.29 is 4.74 Å². The molecule has 0 aliphatic carbocycles. The Morgan fingerprint density at radius 2 is 1.79 bits per heavy atom. The summed E-state index contributed by atoms with van der Waals surface area (Å²) in [6.45, 7) is 4.86. The Bertz CT molecular complexity index is 276. The van der Waals surface area contributed by atoms with Crippen molar-refractivity contribution in [3.8, 4) is 0 Å². The van der Waals surface area contributed by atoms with E-state index < -0.39 is 0 Å². The molecule has 0 aliphatic rings. The molecular formula is C12H19NO. The Balaban J connectivity index is 2.91. The summed E-state index contributed by atoms with van der Waals surface area (Å²) in [5.41, 5.74) is 9.32. The maximum atomic E-state index is 5.54. The van der Waals surface area contributed by atoms with Crippen molar-refractivity contribution in [2.75, 3.05) is 13.7 Å². The molecule has 0 aromatic heterocycles. The van der Waals surface area contributed by atoms with Crippen LogP contribution < -0.4 is 5.73 Å². The Kier molecular flexibility index (Phi) is 4.11. The summed E-state index contributed by atoms with van der Waals surface area (Å²) in [4.78, 5) is 0. The van der Waals surface area contributed by atoms with Crippen LogP contribution in [-0.2, 0) is 4.74 Å². The van der Waals surface area contributed by atoms with Crippen LogP contribution in [0.2, 0.25) is 0 Å². The number of hydrogen-bond donors (Lipinski definition) is 1. The maximum Gasteiger partial charge on any atom is 0.0833 e. The first-order valence-electron chi connectivity index (χ1n) is 4.98. The summed E-state index contributed by atoms with van der Waals surface area (Å²) in [6.07, 6.45) is 1.01. The normalized spacial score (nSPS) is 12.9. The highest BCUT2D eigenvalue weighted by molar-refractivity contribution is 5.30. The summed E-state index contributed by atoms with van der Waals surface area (Å²) in [5, 5.41) is 0. The molecule has 0 radical (unpaired) electrons. The van der Waals surface area contributed by atoms with E-state index in [4.69, 9.17) is 10.5 Å². The third-order valence-corrected chi connectivity index (χ3v) is 2.33. The highest BCUT2D eigenvalue weighted by Crippen LogP contribution is 2.22. The van der Waals surface area contributed by atoms with Crippen LogP contribution in [0, 0.1) is 13.8 Å². The van der Waals surface area contributed by atoms with E-state index in [0.29, 0.717) is 6.54 Å². The van der Waals surface area contributed by atoms with Crippen LogP contribution in [0.1, 0.15) is 29.2 Å². The third kappa shape index (κ3) is 2.82. The van der Waals surface area contributed by atoms with Crippen molar-refractivity contribution in [3.05, 3.63) is 34.9 Å². The molecular weight excluding hydrogens is 174 g/mol. The van der Waals surface area contributed by atoms with E-state index in [1.807, 2.05) is 0 Å². The number of methoxy groups -OCH3 is 1. The summed E-state index contributed by atoms with van der Waals surface area (Å²) >= 11 is 0. The summed E-state index contributed by atoms with van der Waals surface area (Å²) in [6, 6.07) is 6.49. The quantitative estimate of drug-likeness (QED) is 0.796. The van der Waals surface area contributed by atoms with Crippen LogP contribution in [0.4, 0.5) is 0 Å². The highest BCUT2D eigenvalue weighted by Gasteiger charge is 2.09. The number of hydrogen-bond acceptors (Lipinski definition) is 2. The zero-order valence-electron chi connectivity index (χ0n) is 9.21. The van der Waals surface area contributed by atoms with Gasteiger partial charge in [0.1, 0.15) is 0 Å². The Hall–Kier alpha value is -0.860. The second-order valence-electron chi connectivity index (χ2n) is 3.72. The number of benzene rings is 1. The average Bonchev–Trinajstić information content (AvgIpc) is 2.12. The molecule has 0 aliphatic heterocycles. The SMILES string of the molecule is COC(CCN)c1cc(C)cc(C)c1. The molecule has 1 rings (SSSR count). The summed E-state index contributed by atoms with van der Waals surface area (Å²) in [7, 11) is 1.73. The second kappa shape index (κ2) is 5.13. The molecule has 14 heavy (non-hydrogen) atoms. The molecule has 0 amide bonds. The molecule has 2 N–H and O–H groups in total. The monoisotopic (exact) mass is 193 g/mol. The van der Waals surface area contributed by atoms with Crippen molar-refractivity contribution in [1.29, 1.82) is 0 Å². The molecule has 0 bridgehead atoms. The third-order valence-electron chi connectivity index (χ3n) is 2.33. The minimum absolute atomic E-state index is 0.138. The maximum absolute atomic E-state index is 5.54. The van der Waals surface area contributed by atoms with Gasteiger partial charge in [-0.15, -0.1) is 0 Å². The van der Waals surface area contributed by atoms with Crippen LogP contribution in [0.15, 0.2) is 18.2 Å². The fraction of sp³-hybridized carbons (Fsp3) is 0.500. The van der Waals surface area contributed by atoms with Crippen LogP contribution in [0.25, 0.3) is 0 Å². The van der Waals surface area contributed by atoms with Gasteiger partial charge in [0.05, 0.1) is 6.10 Å². The molecule has 78 valence electrons. The van der Waals surface area contributed by atoms with E-state index in [-0.39, 0.29) is 6.10 Å². The van der Waals surface area contributed by atoms with E-state index in [1.54, 1.807) is 7.11 Å². The molecule has 2 nitrogen and oxygen atoms in total. The molecule has 2 heteroatoms. The standard InChI is InChI=1S/C12H19NO/c1-9-6-10(2)8-11(7-9)12(14-3)4-5-13/h6-8,12H,4-5,13H2,1-3H3. The first-order valence-corrected chi connectivity index (χ1v) is 4.98. The first kappa shape index (κ1) is 11.2. The van der Waals surface area contributed by atoms with Crippen molar-refractivity contribution in [2.45, 2.75) is 26.4 Å². The molecule has 1 aromatic carbocycles. The van der Waals surface area contributed by atoms with Gasteiger partial charge in [-0.25, -0.2) is 0 Å². The minimum Gasteiger partial charge on any atom is -0.377 e. The van der Waals surface area contributed by atoms with Gasteiger partial charge < -0.3 is 10.5 Å². The van der Waals surface area contributed by atoms with Gasteiger partial charge in [0.15, 0.2) is 0 Å². The molecule has 0 saturated carbocycles. The van der Waals surface area contributed by atoms with Gasteiger partial charge in [0, 0.05) is 7.11 Å². The number of nitrogens with two attached hydrogens (primary N) is 1. The molecule has 1 unspecified atom stereocenters. The minimum atomic E-state index is 0.138. The van der Waals surface area contributed by atoms with E-state index in [0.717, 1.165) is 6.42 Å². The number of rotatable bonds is 4. The van der Waals surface area contributed by atoms with Crippen LogP contribution >= 0.6 is 0 Å². The molecule has 1 aromatic rings. The lowest BCUT2D eigenvalue weighted by Crippen LogP contribution is -2.09. The topological polar surface area (TPSA) is 35.2 Å². The fourth-order valence-electron chi connectivity index (χ4n) is 1.77. The van der Waals surface area contributed by atoms with Crippen molar-refractivity contribution in [1.82, 2.24) is 0 Å². The Labute approximate surface area is 86.1 Å². The zero-order valence-corrected chi connectivity index (χ0v) is 9.21. The van der Waals surface area contributed by atoms with Gasteiger partial charge in [-0.05, 0) is 32.4 Å². The summed E-state index contributed by atoms with van der Waals surface area (Å²) < 4.78 is 5.41. The lowest BCUT2D eigenvalue weighted by atomic mass is 10.0. The first-order chi connectivity index (χ1) is 6.67. The Morgan fingerprint density at radius 3 is 2.21 bits per heavy atom. The zero-order chi connectivity index (χ0) is 10.6. The van der Waals surface area contributed by atoms with E-state index in [1.165, 1.54) is 16.7 Å². The van der Waals surface area contributed by atoms with Crippen LogP contribution in [0.5, 0.6) is 0 Å². The Morgan fingerprint density at radius 1 is 1.21 bits per heavy atom. The van der Waals surface area contributed by atoms with Gasteiger partial charge in [-0.2, -0.15) is 0 Å². The second-order valence-corrected chi connectivity index (χ2v) is 3.72. The lowest BCUT2D eigenvalue weighted by Gasteiger charge is -2.16. The highest BCUT2D eigenvalue weighted by atomic mass is 16.5. The number of ether oxygens (including phenoxy) is 1. The molecule has 0 spiro atoms. The predicted octanol–water partition coefficient (Wildman–Crippen LogP) is 2.34. The largest absolute Gasteiger partial charge is 0.377 e. The predicted molar refractivity (Wildman–Crippen MR) is 59.3 cm³/mol. The number of aryl methyl sites for hydroxylation is 2. The van der Waals surface area contributed by atoms with E-state index in [2.05, 4.69) is 32.0 Å². The van der Waals surface area contributed by atoms with Crippen LogP contribution in [0.3, 0.4) is 0 Å². The molecule has 0 fully saturated rings. The summed E-state index contributed by atoms with van der Waals surface area (Å²) in [5.74, 6) is 0. The van der Waals surface area contributed by atoms with E-state index in [9.17, 15) is 0 Å². The van der Waals surface area contributed by atoms with Crippen molar-refractivity contribution >= 4 is 0 Å². The van der Waals surface area contributed by atoms with Gasteiger partial charge >= 0.3 is 0 Å². The van der Waals surface area contributed by atoms with Crippen molar-refractivity contribution in [3.63, 3.8) is 0 Å². The van der Waals surface area contributed by atoms with Gasteiger partial charge in [-0.3, -0.25) is 0 Å². The van der Waals surface area contributed by atoms with Crippen molar-refractivity contribution in [2.24, 2.45) is 5.73 Å². The smallest absolute Gasteiger partial charge is 0.0833 e. The van der Waals surface area contributed by atoms with Crippen LogP contribution in [-0.4, -0.2) is 13.7 Å². The molecule has 0 saturated heterocycles. The average molecular weight is 193 g/mol.